The summed E-state index contributed by atoms with van der Waals surface area (Å²) in [5, 5.41) is 3.87. The molecule has 0 saturated heterocycles. The Bertz CT molecular complexity index is 1160. The van der Waals surface area contributed by atoms with Crippen molar-refractivity contribution in [3.8, 4) is 11.5 Å². The van der Waals surface area contributed by atoms with Gasteiger partial charge >= 0.3 is 0 Å². The molecule has 0 fully saturated rings. The molecule has 1 amide bonds. The van der Waals surface area contributed by atoms with E-state index in [2.05, 4.69) is 10.3 Å². The first-order chi connectivity index (χ1) is 15.1. The van der Waals surface area contributed by atoms with Crippen LogP contribution in [0.3, 0.4) is 0 Å². The van der Waals surface area contributed by atoms with Gasteiger partial charge in [-0.2, -0.15) is 0 Å². The second kappa shape index (κ2) is 9.40. The molecule has 1 aromatic heterocycles. The monoisotopic (exact) mass is 441 g/mol. The number of amides is 1. The van der Waals surface area contributed by atoms with E-state index < -0.39 is 0 Å². The number of carbonyl (C=O) groups excluding carboxylic acids is 1. The predicted octanol–water partition coefficient (Wildman–Crippen LogP) is 3.11. The van der Waals surface area contributed by atoms with Crippen molar-refractivity contribution in [2.24, 2.45) is 0 Å². The topological polar surface area (TPSA) is 91.7 Å². The van der Waals surface area contributed by atoms with Gasteiger partial charge in [-0.25, -0.2) is 4.98 Å². The van der Waals surface area contributed by atoms with Crippen molar-refractivity contribution in [3.63, 3.8) is 0 Å². The third-order valence-corrected chi connectivity index (χ3v) is 5.74. The van der Waals surface area contributed by atoms with Crippen molar-refractivity contribution in [1.82, 2.24) is 9.55 Å². The number of nitrogens with one attached hydrogen (secondary N) is 1. The van der Waals surface area contributed by atoms with Crippen molar-refractivity contribution in [2.75, 3.05) is 38.0 Å². The molecule has 0 spiro atoms. The molecule has 2 aromatic carbocycles. The van der Waals surface area contributed by atoms with Crippen LogP contribution >= 0.6 is 11.8 Å². The lowest BCUT2D eigenvalue weighted by atomic mass is 10.2. The van der Waals surface area contributed by atoms with Crippen molar-refractivity contribution >= 4 is 34.3 Å². The second-order valence-electron chi connectivity index (χ2n) is 7.09. The van der Waals surface area contributed by atoms with E-state index in [0.717, 1.165) is 0 Å². The van der Waals surface area contributed by atoms with Gasteiger partial charge in [0.15, 0.2) is 16.7 Å². The van der Waals surface area contributed by atoms with E-state index in [9.17, 15) is 9.59 Å². The largest absolute Gasteiger partial charge is 0.486 e. The number of carbonyl (C=O) groups is 1. The van der Waals surface area contributed by atoms with Gasteiger partial charge in [0.2, 0.25) is 5.91 Å². The highest BCUT2D eigenvalue weighted by atomic mass is 32.2. The Hall–Kier alpha value is -3.04. The summed E-state index contributed by atoms with van der Waals surface area (Å²) in [5.41, 5.74) is 1.07. The lowest BCUT2D eigenvalue weighted by molar-refractivity contribution is -0.113. The van der Waals surface area contributed by atoms with Crippen molar-refractivity contribution in [2.45, 2.75) is 18.1 Å². The zero-order valence-corrected chi connectivity index (χ0v) is 18.1. The molecule has 8 nitrogen and oxygen atoms in total. The molecular formula is C22H23N3O5S. The average molecular weight is 442 g/mol. The van der Waals surface area contributed by atoms with Gasteiger partial charge in [0.05, 0.1) is 29.3 Å². The number of aromatic nitrogens is 2. The van der Waals surface area contributed by atoms with E-state index in [-0.39, 0.29) is 23.3 Å². The minimum Gasteiger partial charge on any atom is -0.486 e. The number of fused-ring (bicyclic) bond motifs is 2. The predicted molar refractivity (Wildman–Crippen MR) is 119 cm³/mol. The van der Waals surface area contributed by atoms with Crippen LogP contribution in [0.5, 0.6) is 11.5 Å². The Balaban J connectivity index is 1.53. The number of thioether (sulfide) groups is 1. The molecule has 1 atom stereocenters. The molecule has 162 valence electrons. The van der Waals surface area contributed by atoms with Crippen molar-refractivity contribution < 1.29 is 19.0 Å². The van der Waals surface area contributed by atoms with Gasteiger partial charge in [-0.05, 0) is 31.2 Å². The number of anilines is 1. The van der Waals surface area contributed by atoms with Gasteiger partial charge < -0.3 is 19.5 Å². The maximum absolute atomic E-state index is 13.1. The molecule has 9 heteroatoms. The fraction of sp³-hybridized carbons (Fsp3) is 0.318. The van der Waals surface area contributed by atoms with Crippen molar-refractivity contribution in [1.29, 1.82) is 0 Å². The minimum absolute atomic E-state index is 0.0962. The quantitative estimate of drug-likeness (QED) is 0.445. The summed E-state index contributed by atoms with van der Waals surface area (Å²) in [7, 11) is 1.59. The van der Waals surface area contributed by atoms with Crippen LogP contribution in [0.2, 0.25) is 0 Å². The molecule has 3 aromatic rings. The molecule has 31 heavy (non-hydrogen) atoms. The van der Waals surface area contributed by atoms with E-state index in [1.165, 1.54) is 11.8 Å². The summed E-state index contributed by atoms with van der Waals surface area (Å²) in [6.45, 7) is 3.24. The first-order valence-corrected chi connectivity index (χ1v) is 10.9. The number of nitrogens with zero attached hydrogens (tertiary/aromatic N) is 2. The van der Waals surface area contributed by atoms with Gasteiger partial charge in [-0.15, -0.1) is 0 Å². The van der Waals surface area contributed by atoms with Crippen LogP contribution in [0.4, 0.5) is 5.69 Å². The van der Waals surface area contributed by atoms with E-state index in [4.69, 9.17) is 14.2 Å². The highest BCUT2D eigenvalue weighted by Crippen LogP contribution is 2.32. The summed E-state index contributed by atoms with van der Waals surface area (Å²) in [6, 6.07) is 12.2. The Labute approximate surface area is 183 Å². The van der Waals surface area contributed by atoms with Gasteiger partial charge in [-0.3, -0.25) is 14.2 Å². The molecule has 4 rings (SSSR count). The van der Waals surface area contributed by atoms with Gasteiger partial charge in [0.25, 0.3) is 5.56 Å². The zero-order chi connectivity index (χ0) is 21.8. The molecule has 0 aliphatic carbocycles. The molecule has 1 aliphatic heterocycles. The Morgan fingerprint density at radius 2 is 2.00 bits per heavy atom. The lowest BCUT2D eigenvalue weighted by Gasteiger charge is -2.19. The van der Waals surface area contributed by atoms with Crippen molar-refractivity contribution in [3.05, 3.63) is 52.8 Å². The third kappa shape index (κ3) is 4.67. The molecule has 0 saturated carbocycles. The first-order valence-electron chi connectivity index (χ1n) is 9.89. The van der Waals surface area contributed by atoms with Crippen LogP contribution in [-0.4, -0.2) is 48.1 Å². The summed E-state index contributed by atoms with van der Waals surface area (Å²) in [6.07, 6.45) is 0. The van der Waals surface area contributed by atoms with E-state index in [1.54, 1.807) is 42.0 Å². The number of hydrogen-bond acceptors (Lipinski definition) is 7. The highest BCUT2D eigenvalue weighted by Gasteiger charge is 2.18. The summed E-state index contributed by atoms with van der Waals surface area (Å²) in [4.78, 5) is 30.3. The van der Waals surface area contributed by atoms with Gasteiger partial charge in [0.1, 0.15) is 13.2 Å². The summed E-state index contributed by atoms with van der Waals surface area (Å²) < 4.78 is 17.9. The van der Waals surface area contributed by atoms with Crippen LogP contribution in [0.15, 0.2) is 52.4 Å². The Morgan fingerprint density at radius 1 is 1.23 bits per heavy atom. The van der Waals surface area contributed by atoms with Crippen LogP contribution < -0.4 is 20.3 Å². The van der Waals surface area contributed by atoms with Gasteiger partial charge in [0, 0.05) is 18.9 Å². The third-order valence-electron chi connectivity index (χ3n) is 4.78. The Kier molecular flexibility index (Phi) is 6.43. The van der Waals surface area contributed by atoms with Crippen LogP contribution in [0.25, 0.3) is 10.9 Å². The standard InChI is InChI=1S/C22H23N3O5S/c1-14(12-28-2)25-21(27)16-5-3-4-6-17(16)24-22(25)31-13-20(26)23-15-7-8-18-19(11-15)30-10-9-29-18/h3-8,11,14H,9-10,12-13H2,1-2H3,(H,23,26)/t14-/m0/s1. The number of ether oxygens (including phenoxy) is 3. The maximum atomic E-state index is 13.1. The summed E-state index contributed by atoms with van der Waals surface area (Å²) >= 11 is 1.21. The molecule has 1 N–H and O–H groups in total. The average Bonchev–Trinajstić information content (AvgIpc) is 2.78. The SMILES string of the molecule is COC[C@H](C)n1c(SCC(=O)Nc2ccc3c(c2)OCCO3)nc2ccccc2c1=O. The second-order valence-corrected chi connectivity index (χ2v) is 8.03. The molecular weight excluding hydrogens is 418 g/mol. The normalized spacial score (nSPS) is 13.7. The fourth-order valence-electron chi connectivity index (χ4n) is 3.38. The molecule has 0 radical (unpaired) electrons. The number of para-hydroxylation sites is 1. The maximum Gasteiger partial charge on any atom is 0.262 e. The fourth-order valence-corrected chi connectivity index (χ4v) is 4.28. The van der Waals surface area contributed by atoms with Gasteiger partial charge in [-0.1, -0.05) is 23.9 Å². The molecule has 0 bridgehead atoms. The highest BCUT2D eigenvalue weighted by molar-refractivity contribution is 7.99. The lowest BCUT2D eigenvalue weighted by Crippen LogP contribution is -2.29. The number of rotatable bonds is 7. The number of benzene rings is 2. The Morgan fingerprint density at radius 3 is 2.81 bits per heavy atom. The molecule has 0 unspecified atom stereocenters. The zero-order valence-electron chi connectivity index (χ0n) is 17.3. The smallest absolute Gasteiger partial charge is 0.262 e. The summed E-state index contributed by atoms with van der Waals surface area (Å²) in [5.74, 6) is 1.15. The van der Waals surface area contributed by atoms with E-state index in [1.807, 2.05) is 19.1 Å². The van der Waals surface area contributed by atoms with E-state index in [0.29, 0.717) is 53.1 Å². The minimum atomic E-state index is -0.224. The van der Waals surface area contributed by atoms with Crippen LogP contribution in [0.1, 0.15) is 13.0 Å². The molecule has 2 heterocycles. The number of hydrogen-bond donors (Lipinski definition) is 1. The number of methoxy groups -OCH3 is 1. The van der Waals surface area contributed by atoms with Crippen LogP contribution in [-0.2, 0) is 9.53 Å². The van der Waals surface area contributed by atoms with Crippen LogP contribution in [0, 0.1) is 0 Å². The molecule has 1 aliphatic rings. The van der Waals surface area contributed by atoms with E-state index >= 15 is 0 Å². The first kappa shape index (κ1) is 21.2.